The van der Waals surface area contributed by atoms with Crippen LogP contribution in [0.15, 0.2) is 54.7 Å². The maximum atomic E-state index is 12.5. The molecule has 1 aromatic heterocycles. The van der Waals surface area contributed by atoms with Crippen molar-refractivity contribution in [3.05, 3.63) is 60.3 Å². The summed E-state index contributed by atoms with van der Waals surface area (Å²) < 4.78 is 43.6. The van der Waals surface area contributed by atoms with Crippen molar-refractivity contribution in [1.82, 2.24) is 9.88 Å². The minimum absolute atomic E-state index is 0.0460. The first-order valence-corrected chi connectivity index (χ1v) is 9.80. The summed E-state index contributed by atoms with van der Waals surface area (Å²) in [7, 11) is 0. The second kappa shape index (κ2) is 7.97. The van der Waals surface area contributed by atoms with Crippen LogP contribution in [0.4, 0.5) is 13.2 Å². The molecule has 2 aromatic carbocycles. The molecule has 0 aliphatic carbocycles. The molecule has 1 saturated heterocycles. The Kier molecular flexibility index (Phi) is 5.37. The minimum Gasteiger partial charge on any atom is -0.490 e. The smallest absolute Gasteiger partial charge is 0.471 e. The molecule has 7 heteroatoms. The van der Waals surface area contributed by atoms with Crippen LogP contribution in [0.25, 0.3) is 22.0 Å². The molecule has 2 heterocycles. The first kappa shape index (κ1) is 20.2. The summed E-state index contributed by atoms with van der Waals surface area (Å²) in [5.41, 5.74) is 4.20. The Morgan fingerprint density at radius 1 is 1.07 bits per heavy atom. The number of benzene rings is 2. The zero-order valence-corrected chi connectivity index (χ0v) is 16.4. The van der Waals surface area contributed by atoms with Crippen molar-refractivity contribution in [3.63, 3.8) is 0 Å². The van der Waals surface area contributed by atoms with Crippen molar-refractivity contribution in [2.45, 2.75) is 32.0 Å². The molecule has 1 fully saturated rings. The molecule has 0 saturated carbocycles. The van der Waals surface area contributed by atoms with Crippen LogP contribution in [-0.4, -0.2) is 41.2 Å². The van der Waals surface area contributed by atoms with Crippen molar-refractivity contribution in [2.24, 2.45) is 0 Å². The van der Waals surface area contributed by atoms with Gasteiger partial charge in [-0.05, 0) is 41.8 Å². The number of hydrogen-bond donors (Lipinski definition) is 0. The lowest BCUT2D eigenvalue weighted by Gasteiger charge is -2.32. The Morgan fingerprint density at radius 2 is 1.77 bits per heavy atom. The molecule has 4 nitrogen and oxygen atoms in total. The molecule has 0 unspecified atom stereocenters. The number of amides is 1. The fourth-order valence-electron chi connectivity index (χ4n) is 3.87. The molecule has 3 aromatic rings. The number of hydrogen-bond acceptors (Lipinski definition) is 3. The lowest BCUT2D eigenvalue weighted by Crippen LogP contribution is -2.47. The first-order valence-electron chi connectivity index (χ1n) is 9.80. The fourth-order valence-corrected chi connectivity index (χ4v) is 3.87. The molecule has 1 aliphatic rings. The first-order chi connectivity index (χ1) is 14.3. The number of ether oxygens (including phenoxy) is 1. The number of pyridine rings is 1. The summed E-state index contributed by atoms with van der Waals surface area (Å²) in [4.78, 5) is 16.6. The lowest BCUT2D eigenvalue weighted by molar-refractivity contribution is -0.187. The van der Waals surface area contributed by atoms with E-state index in [0.29, 0.717) is 18.6 Å². The highest BCUT2D eigenvalue weighted by molar-refractivity contribution is 5.88. The van der Waals surface area contributed by atoms with Crippen molar-refractivity contribution in [2.75, 3.05) is 13.1 Å². The average Bonchev–Trinajstić information content (AvgIpc) is 2.74. The molecule has 156 valence electrons. The van der Waals surface area contributed by atoms with Gasteiger partial charge in [-0.1, -0.05) is 30.3 Å². The number of nitrogens with zero attached hydrogens (tertiary/aromatic N) is 2. The Hall–Kier alpha value is -3.09. The maximum absolute atomic E-state index is 12.5. The highest BCUT2D eigenvalue weighted by atomic mass is 19.4. The van der Waals surface area contributed by atoms with E-state index in [1.165, 1.54) is 0 Å². The standard InChI is InChI=1S/C23H21F3N2O2/c1-15-20(9-6-17-3-2-12-27-21(15)17)16-4-7-18(8-5-16)30-19-10-13-28(14-11-19)22(29)23(24,25)26/h2-9,12,19H,10-11,13-14H2,1H3. The molecule has 0 N–H and O–H groups in total. The van der Waals surface area contributed by atoms with Gasteiger partial charge in [0.25, 0.3) is 0 Å². The number of aryl methyl sites for hydroxylation is 1. The third kappa shape index (κ3) is 4.10. The number of carbonyl (C=O) groups is 1. The molecular weight excluding hydrogens is 393 g/mol. The van der Waals surface area contributed by atoms with Crippen molar-refractivity contribution < 1.29 is 22.7 Å². The number of piperidine rings is 1. The van der Waals surface area contributed by atoms with Gasteiger partial charge >= 0.3 is 12.1 Å². The number of aromatic nitrogens is 1. The van der Waals surface area contributed by atoms with Gasteiger partial charge in [0.05, 0.1) is 5.52 Å². The van der Waals surface area contributed by atoms with E-state index >= 15 is 0 Å². The second-order valence-electron chi connectivity index (χ2n) is 7.44. The highest BCUT2D eigenvalue weighted by Crippen LogP contribution is 2.30. The summed E-state index contributed by atoms with van der Waals surface area (Å²) >= 11 is 0. The normalized spacial score (nSPS) is 15.4. The Balaban J connectivity index is 1.42. The third-order valence-electron chi connectivity index (χ3n) is 5.47. The highest BCUT2D eigenvalue weighted by Gasteiger charge is 2.43. The van der Waals surface area contributed by atoms with E-state index in [4.69, 9.17) is 4.74 Å². The van der Waals surface area contributed by atoms with Crippen LogP contribution in [-0.2, 0) is 4.79 Å². The maximum Gasteiger partial charge on any atom is 0.471 e. The number of rotatable bonds is 3. The quantitative estimate of drug-likeness (QED) is 0.596. The largest absolute Gasteiger partial charge is 0.490 e. The van der Waals surface area contributed by atoms with E-state index in [1.807, 2.05) is 49.4 Å². The molecule has 0 atom stereocenters. The van der Waals surface area contributed by atoms with E-state index in [0.717, 1.165) is 32.5 Å². The number of fused-ring (bicyclic) bond motifs is 1. The van der Waals surface area contributed by atoms with E-state index in [-0.39, 0.29) is 19.2 Å². The molecule has 0 spiro atoms. The van der Waals surface area contributed by atoms with Gasteiger partial charge in [0.15, 0.2) is 0 Å². The Labute approximate surface area is 172 Å². The number of alkyl halides is 3. The third-order valence-corrected chi connectivity index (χ3v) is 5.47. The zero-order chi connectivity index (χ0) is 21.3. The van der Waals surface area contributed by atoms with E-state index < -0.39 is 12.1 Å². The van der Waals surface area contributed by atoms with Gasteiger partial charge in [0, 0.05) is 37.5 Å². The number of carbonyl (C=O) groups excluding carboxylic acids is 1. The summed E-state index contributed by atoms with van der Waals surface area (Å²) in [5.74, 6) is -1.11. The summed E-state index contributed by atoms with van der Waals surface area (Å²) in [6, 6.07) is 15.7. The van der Waals surface area contributed by atoms with Gasteiger partial charge in [-0.2, -0.15) is 13.2 Å². The van der Waals surface area contributed by atoms with Crippen molar-refractivity contribution in [3.8, 4) is 16.9 Å². The monoisotopic (exact) mass is 414 g/mol. The van der Waals surface area contributed by atoms with Crippen molar-refractivity contribution >= 4 is 16.8 Å². The van der Waals surface area contributed by atoms with Gasteiger partial charge in [-0.3, -0.25) is 9.78 Å². The Morgan fingerprint density at radius 3 is 2.43 bits per heavy atom. The SMILES string of the molecule is Cc1c(-c2ccc(OC3CCN(C(=O)C(F)(F)F)CC3)cc2)ccc2cccnc12. The molecule has 0 radical (unpaired) electrons. The van der Waals surface area contributed by atoms with E-state index in [1.54, 1.807) is 6.20 Å². The topological polar surface area (TPSA) is 42.4 Å². The molecular formula is C23H21F3N2O2. The molecule has 0 bridgehead atoms. The summed E-state index contributed by atoms with van der Waals surface area (Å²) in [6.07, 6.45) is -2.50. The second-order valence-corrected chi connectivity index (χ2v) is 7.44. The van der Waals surface area contributed by atoms with Crippen LogP contribution in [0.5, 0.6) is 5.75 Å². The van der Waals surface area contributed by atoms with Gasteiger partial charge in [0.1, 0.15) is 11.9 Å². The number of halogens is 3. The lowest BCUT2D eigenvalue weighted by atomic mass is 9.98. The van der Waals surface area contributed by atoms with Gasteiger partial charge in [0.2, 0.25) is 0 Å². The van der Waals surface area contributed by atoms with Crippen LogP contribution in [0.3, 0.4) is 0 Å². The predicted molar refractivity (Wildman–Crippen MR) is 108 cm³/mol. The molecule has 4 rings (SSSR count). The average molecular weight is 414 g/mol. The van der Waals surface area contributed by atoms with Crippen molar-refractivity contribution in [1.29, 1.82) is 0 Å². The van der Waals surface area contributed by atoms with E-state index in [2.05, 4.69) is 11.1 Å². The van der Waals surface area contributed by atoms with E-state index in [9.17, 15) is 18.0 Å². The Bertz CT molecular complexity index is 1060. The summed E-state index contributed by atoms with van der Waals surface area (Å²) in [6.45, 7) is 2.14. The fraction of sp³-hybridized carbons (Fsp3) is 0.304. The predicted octanol–water partition coefficient (Wildman–Crippen LogP) is 5.14. The van der Waals surface area contributed by atoms with Gasteiger partial charge in [-0.15, -0.1) is 0 Å². The van der Waals surface area contributed by atoms with Gasteiger partial charge < -0.3 is 9.64 Å². The van der Waals surface area contributed by atoms with Crippen LogP contribution in [0, 0.1) is 6.92 Å². The van der Waals surface area contributed by atoms with Crippen LogP contribution >= 0.6 is 0 Å². The van der Waals surface area contributed by atoms with Crippen LogP contribution < -0.4 is 4.74 Å². The molecule has 1 amide bonds. The molecule has 30 heavy (non-hydrogen) atoms. The number of likely N-dealkylation sites (tertiary alicyclic amines) is 1. The minimum atomic E-state index is -4.82. The van der Waals surface area contributed by atoms with Gasteiger partial charge in [-0.25, -0.2) is 0 Å². The summed E-state index contributed by atoms with van der Waals surface area (Å²) in [5, 5.41) is 1.09. The molecule has 1 aliphatic heterocycles. The van der Waals surface area contributed by atoms with Crippen LogP contribution in [0.2, 0.25) is 0 Å². The zero-order valence-electron chi connectivity index (χ0n) is 16.4. The van der Waals surface area contributed by atoms with Crippen LogP contribution in [0.1, 0.15) is 18.4 Å².